The largest absolute Gasteiger partial charge is 0.313 e. The Hall–Kier alpha value is -1.33. The Kier molecular flexibility index (Phi) is 3.81. The van der Waals surface area contributed by atoms with Crippen LogP contribution in [0.1, 0.15) is 27.2 Å². The second-order valence-electron chi connectivity index (χ2n) is 3.97. The Morgan fingerprint density at radius 1 is 1.29 bits per heavy atom. The highest BCUT2D eigenvalue weighted by atomic mass is 32.1. The molecule has 90 valence electrons. The molecule has 1 N–H and O–H groups in total. The minimum atomic E-state index is 0.223. The maximum absolute atomic E-state index is 4.56. The van der Waals surface area contributed by atoms with Crippen LogP contribution in [-0.2, 0) is 6.42 Å². The molecule has 0 aliphatic rings. The van der Waals surface area contributed by atoms with Crippen molar-refractivity contribution in [3.63, 3.8) is 0 Å². The summed E-state index contributed by atoms with van der Waals surface area (Å²) in [5.41, 5.74) is 2.23. The van der Waals surface area contributed by atoms with Gasteiger partial charge in [0.25, 0.3) is 0 Å². The number of thiazole rings is 1. The van der Waals surface area contributed by atoms with Gasteiger partial charge in [-0.25, -0.2) is 15.0 Å². The normalized spacial score (nSPS) is 12.6. The lowest BCUT2D eigenvalue weighted by molar-refractivity contribution is 0.585. The first-order valence-corrected chi connectivity index (χ1v) is 6.37. The molecule has 2 heterocycles. The first kappa shape index (κ1) is 12.1. The van der Waals surface area contributed by atoms with E-state index in [1.165, 1.54) is 4.88 Å². The smallest absolute Gasteiger partial charge is 0.115 e. The Balaban J connectivity index is 2.15. The monoisotopic (exact) mass is 248 g/mol. The van der Waals surface area contributed by atoms with E-state index in [0.717, 1.165) is 22.7 Å². The maximum Gasteiger partial charge on any atom is 0.115 e. The van der Waals surface area contributed by atoms with Crippen molar-refractivity contribution >= 4 is 11.3 Å². The van der Waals surface area contributed by atoms with Crippen LogP contribution in [-0.4, -0.2) is 22.0 Å². The van der Waals surface area contributed by atoms with Gasteiger partial charge in [0.2, 0.25) is 0 Å². The highest BCUT2D eigenvalue weighted by Crippen LogP contribution is 2.22. The second kappa shape index (κ2) is 5.33. The minimum Gasteiger partial charge on any atom is -0.313 e. The van der Waals surface area contributed by atoms with Crippen LogP contribution < -0.4 is 5.32 Å². The highest BCUT2D eigenvalue weighted by Gasteiger charge is 2.13. The van der Waals surface area contributed by atoms with Crippen LogP contribution in [0.5, 0.6) is 0 Å². The molecule has 5 heteroatoms. The van der Waals surface area contributed by atoms with Crippen molar-refractivity contribution in [2.24, 2.45) is 0 Å². The van der Waals surface area contributed by atoms with Gasteiger partial charge in [0.05, 0.1) is 10.7 Å². The number of aryl methyl sites for hydroxylation is 2. The van der Waals surface area contributed by atoms with E-state index in [-0.39, 0.29) is 6.04 Å². The van der Waals surface area contributed by atoms with E-state index in [1.54, 1.807) is 17.7 Å². The molecule has 1 unspecified atom stereocenters. The highest BCUT2D eigenvalue weighted by molar-refractivity contribution is 7.11. The van der Waals surface area contributed by atoms with Crippen LogP contribution >= 0.6 is 11.3 Å². The topological polar surface area (TPSA) is 50.7 Å². The van der Waals surface area contributed by atoms with Gasteiger partial charge in [0, 0.05) is 35.3 Å². The summed E-state index contributed by atoms with van der Waals surface area (Å²) in [5.74, 6) is 0. The number of rotatable bonds is 4. The number of nitrogens with zero attached hydrogens (tertiary/aromatic N) is 3. The van der Waals surface area contributed by atoms with Crippen molar-refractivity contribution in [2.75, 3.05) is 7.05 Å². The molecule has 0 bridgehead atoms. The van der Waals surface area contributed by atoms with Gasteiger partial charge in [-0.15, -0.1) is 11.3 Å². The van der Waals surface area contributed by atoms with E-state index in [1.807, 2.05) is 19.4 Å². The van der Waals surface area contributed by atoms with Gasteiger partial charge in [-0.2, -0.15) is 0 Å². The Bertz CT molecular complexity index is 461. The molecular weight excluding hydrogens is 232 g/mol. The number of hydrogen-bond acceptors (Lipinski definition) is 5. The zero-order valence-corrected chi connectivity index (χ0v) is 11.1. The van der Waals surface area contributed by atoms with Crippen LogP contribution in [0.15, 0.2) is 18.7 Å². The Morgan fingerprint density at radius 2 is 2.00 bits per heavy atom. The zero-order valence-electron chi connectivity index (χ0n) is 10.3. The molecule has 4 nitrogen and oxygen atoms in total. The molecule has 0 amide bonds. The summed E-state index contributed by atoms with van der Waals surface area (Å²) >= 11 is 1.76. The third-order valence-corrected chi connectivity index (χ3v) is 3.88. The van der Waals surface area contributed by atoms with Crippen LogP contribution in [0.3, 0.4) is 0 Å². The van der Waals surface area contributed by atoms with E-state index < -0.39 is 0 Å². The lowest BCUT2D eigenvalue weighted by Crippen LogP contribution is -2.19. The summed E-state index contributed by atoms with van der Waals surface area (Å²) < 4.78 is 0. The lowest BCUT2D eigenvalue weighted by atomic mass is 10.1. The van der Waals surface area contributed by atoms with E-state index in [0.29, 0.717) is 0 Å². The van der Waals surface area contributed by atoms with Gasteiger partial charge < -0.3 is 5.32 Å². The van der Waals surface area contributed by atoms with E-state index in [4.69, 9.17) is 0 Å². The number of likely N-dealkylation sites (N-methyl/N-ethyl adjacent to an activating group) is 1. The summed E-state index contributed by atoms with van der Waals surface area (Å²) in [4.78, 5) is 14.0. The minimum absolute atomic E-state index is 0.223. The molecule has 2 aromatic rings. The molecule has 0 aromatic carbocycles. The van der Waals surface area contributed by atoms with Crippen LogP contribution in [0.25, 0.3) is 0 Å². The van der Waals surface area contributed by atoms with Crippen LogP contribution in [0, 0.1) is 13.8 Å². The number of hydrogen-bond donors (Lipinski definition) is 1. The molecule has 0 saturated heterocycles. The fourth-order valence-electron chi connectivity index (χ4n) is 1.68. The summed E-state index contributed by atoms with van der Waals surface area (Å²) in [6.45, 7) is 4.16. The van der Waals surface area contributed by atoms with Crippen molar-refractivity contribution in [3.05, 3.63) is 39.9 Å². The van der Waals surface area contributed by atoms with Crippen molar-refractivity contribution in [3.8, 4) is 0 Å². The molecule has 0 aliphatic heterocycles. The second-order valence-corrected chi connectivity index (χ2v) is 5.25. The summed E-state index contributed by atoms with van der Waals surface area (Å²) in [6, 6.07) is 0.223. The van der Waals surface area contributed by atoms with E-state index >= 15 is 0 Å². The third-order valence-electron chi connectivity index (χ3n) is 2.78. The van der Waals surface area contributed by atoms with Crippen molar-refractivity contribution in [1.29, 1.82) is 0 Å². The molecule has 2 rings (SSSR count). The quantitative estimate of drug-likeness (QED) is 0.899. The zero-order chi connectivity index (χ0) is 12.3. The van der Waals surface area contributed by atoms with Gasteiger partial charge in [-0.05, 0) is 20.9 Å². The Morgan fingerprint density at radius 3 is 2.53 bits per heavy atom. The standard InChI is InChI=1S/C12H16N4S/c1-8-9(2)17-12(16-8)4-11(13-3)10-5-14-7-15-6-10/h5-7,11,13H,4H2,1-3H3. The predicted molar refractivity (Wildman–Crippen MR) is 69.1 cm³/mol. The Labute approximate surface area is 105 Å². The average molecular weight is 248 g/mol. The van der Waals surface area contributed by atoms with Crippen molar-refractivity contribution in [1.82, 2.24) is 20.3 Å². The SMILES string of the molecule is CNC(Cc1nc(C)c(C)s1)c1cncnc1. The van der Waals surface area contributed by atoms with Crippen LogP contribution in [0.2, 0.25) is 0 Å². The maximum atomic E-state index is 4.56. The van der Waals surface area contributed by atoms with Crippen molar-refractivity contribution < 1.29 is 0 Å². The molecule has 0 radical (unpaired) electrons. The van der Waals surface area contributed by atoms with Gasteiger partial charge in [0.1, 0.15) is 6.33 Å². The van der Waals surface area contributed by atoms with Gasteiger partial charge >= 0.3 is 0 Å². The summed E-state index contributed by atoms with van der Waals surface area (Å²) in [7, 11) is 1.95. The molecule has 0 aliphatic carbocycles. The average Bonchev–Trinajstić information content (AvgIpc) is 2.67. The molecule has 2 aromatic heterocycles. The fourth-order valence-corrected chi connectivity index (χ4v) is 2.66. The lowest BCUT2D eigenvalue weighted by Gasteiger charge is -2.13. The van der Waals surface area contributed by atoms with E-state index in [2.05, 4.69) is 34.1 Å². The van der Waals surface area contributed by atoms with Crippen LogP contribution in [0.4, 0.5) is 0 Å². The molecular formula is C12H16N4S. The van der Waals surface area contributed by atoms with Crippen molar-refractivity contribution in [2.45, 2.75) is 26.3 Å². The molecule has 0 saturated carbocycles. The first-order valence-electron chi connectivity index (χ1n) is 5.55. The summed E-state index contributed by atoms with van der Waals surface area (Å²) in [5, 5.41) is 4.44. The van der Waals surface area contributed by atoms with Gasteiger partial charge in [-0.1, -0.05) is 0 Å². The predicted octanol–water partition coefficient (Wildman–Crippen LogP) is 2.05. The van der Waals surface area contributed by atoms with Gasteiger partial charge in [0.15, 0.2) is 0 Å². The molecule has 0 spiro atoms. The molecule has 1 atom stereocenters. The first-order chi connectivity index (χ1) is 8.20. The van der Waals surface area contributed by atoms with E-state index in [9.17, 15) is 0 Å². The number of aromatic nitrogens is 3. The van der Waals surface area contributed by atoms with Gasteiger partial charge in [-0.3, -0.25) is 0 Å². The fraction of sp³-hybridized carbons (Fsp3) is 0.417. The summed E-state index contributed by atoms with van der Waals surface area (Å²) in [6.07, 6.45) is 6.13. The molecule has 0 fully saturated rings. The molecule has 17 heavy (non-hydrogen) atoms. The number of nitrogens with one attached hydrogen (secondary N) is 1. The third kappa shape index (κ3) is 2.87.